The molecular formula is C22H20ClN3. The second-order valence-corrected chi connectivity index (χ2v) is 7.02. The first kappa shape index (κ1) is 16.7. The van der Waals surface area contributed by atoms with E-state index in [1.807, 2.05) is 42.5 Å². The molecule has 0 spiro atoms. The molecule has 0 aliphatic heterocycles. The van der Waals surface area contributed by atoms with Gasteiger partial charge < -0.3 is 9.30 Å². The van der Waals surface area contributed by atoms with Gasteiger partial charge in [-0.3, -0.25) is 0 Å². The van der Waals surface area contributed by atoms with Crippen LogP contribution in [0.5, 0.6) is 0 Å². The number of benzene rings is 2. The van der Waals surface area contributed by atoms with Crippen LogP contribution in [0.25, 0.3) is 16.9 Å². The van der Waals surface area contributed by atoms with E-state index < -0.39 is 0 Å². The van der Waals surface area contributed by atoms with Gasteiger partial charge in [0.05, 0.1) is 11.4 Å². The largest absolute Gasteiger partial charge is 0.378 e. The molecule has 0 aliphatic rings. The molecule has 0 atom stereocenters. The monoisotopic (exact) mass is 361 g/mol. The third-order valence-corrected chi connectivity index (χ3v) is 4.82. The van der Waals surface area contributed by atoms with E-state index in [0.29, 0.717) is 0 Å². The molecule has 2 aromatic carbocycles. The van der Waals surface area contributed by atoms with Gasteiger partial charge in [0.2, 0.25) is 0 Å². The SMILES string of the molecule is CN(C)c1ccc(Cc2c(-c3ccc(Cl)cc3)nc3ccccn23)cc1. The van der Waals surface area contributed by atoms with Crippen LogP contribution in [0.4, 0.5) is 5.69 Å². The van der Waals surface area contributed by atoms with Gasteiger partial charge in [0.25, 0.3) is 0 Å². The van der Waals surface area contributed by atoms with E-state index in [9.17, 15) is 0 Å². The van der Waals surface area contributed by atoms with Gasteiger partial charge in [0.1, 0.15) is 5.65 Å². The molecule has 2 aromatic heterocycles. The Labute approximate surface area is 158 Å². The summed E-state index contributed by atoms with van der Waals surface area (Å²) >= 11 is 6.06. The van der Waals surface area contributed by atoms with Crippen molar-refractivity contribution in [2.75, 3.05) is 19.0 Å². The number of anilines is 1. The maximum Gasteiger partial charge on any atom is 0.137 e. The zero-order chi connectivity index (χ0) is 18.1. The Balaban J connectivity index is 1.79. The van der Waals surface area contributed by atoms with Crippen LogP contribution in [0.2, 0.25) is 5.02 Å². The van der Waals surface area contributed by atoms with Crippen LogP contribution in [0.3, 0.4) is 0 Å². The smallest absolute Gasteiger partial charge is 0.137 e. The molecule has 3 nitrogen and oxygen atoms in total. The molecule has 4 aromatic rings. The molecule has 0 bridgehead atoms. The van der Waals surface area contributed by atoms with E-state index in [0.717, 1.165) is 28.3 Å². The minimum Gasteiger partial charge on any atom is -0.378 e. The molecule has 2 heterocycles. The fraction of sp³-hybridized carbons (Fsp3) is 0.136. The van der Waals surface area contributed by atoms with Crippen molar-refractivity contribution in [3.63, 3.8) is 0 Å². The highest BCUT2D eigenvalue weighted by Gasteiger charge is 2.14. The standard InChI is InChI=1S/C22H20ClN3/c1-25(2)19-12-6-16(7-13-19)15-20-22(17-8-10-18(23)11-9-17)24-21-5-3-4-14-26(20)21/h3-14H,15H2,1-2H3. The Morgan fingerprint density at radius 1 is 0.923 bits per heavy atom. The summed E-state index contributed by atoms with van der Waals surface area (Å²) in [5.74, 6) is 0. The topological polar surface area (TPSA) is 20.5 Å². The summed E-state index contributed by atoms with van der Waals surface area (Å²) < 4.78 is 2.17. The molecule has 130 valence electrons. The van der Waals surface area contributed by atoms with E-state index in [1.54, 1.807) is 0 Å². The van der Waals surface area contributed by atoms with E-state index in [4.69, 9.17) is 16.6 Å². The Hall–Kier alpha value is -2.78. The van der Waals surface area contributed by atoms with Crippen LogP contribution in [0.1, 0.15) is 11.3 Å². The van der Waals surface area contributed by atoms with Crippen molar-refractivity contribution in [2.45, 2.75) is 6.42 Å². The molecule has 0 saturated carbocycles. The van der Waals surface area contributed by atoms with Crippen LogP contribution in [-0.4, -0.2) is 23.5 Å². The Morgan fingerprint density at radius 3 is 2.35 bits per heavy atom. The van der Waals surface area contributed by atoms with E-state index in [1.165, 1.54) is 16.9 Å². The summed E-state index contributed by atoms with van der Waals surface area (Å²) in [5.41, 5.74) is 6.68. The molecule has 26 heavy (non-hydrogen) atoms. The molecular weight excluding hydrogens is 342 g/mol. The third-order valence-electron chi connectivity index (χ3n) is 4.57. The number of hydrogen-bond acceptors (Lipinski definition) is 2. The summed E-state index contributed by atoms with van der Waals surface area (Å²) in [5, 5.41) is 0.735. The lowest BCUT2D eigenvalue weighted by Gasteiger charge is -2.13. The molecule has 0 fully saturated rings. The van der Waals surface area contributed by atoms with Gasteiger partial charge >= 0.3 is 0 Å². The molecule has 0 aliphatic carbocycles. The zero-order valence-corrected chi connectivity index (χ0v) is 15.6. The number of hydrogen-bond donors (Lipinski definition) is 0. The van der Waals surface area contributed by atoms with Crippen molar-refractivity contribution in [1.82, 2.24) is 9.38 Å². The fourth-order valence-corrected chi connectivity index (χ4v) is 3.29. The zero-order valence-electron chi connectivity index (χ0n) is 14.9. The number of halogens is 1. The van der Waals surface area contributed by atoms with Gasteiger partial charge in [-0.05, 0) is 42.0 Å². The molecule has 0 radical (unpaired) electrons. The summed E-state index contributed by atoms with van der Waals surface area (Å²) in [7, 11) is 4.11. The lowest BCUT2D eigenvalue weighted by Crippen LogP contribution is -2.08. The van der Waals surface area contributed by atoms with Crippen LogP contribution >= 0.6 is 11.6 Å². The average Bonchev–Trinajstić information content (AvgIpc) is 3.01. The first-order valence-electron chi connectivity index (χ1n) is 8.60. The van der Waals surface area contributed by atoms with E-state index in [2.05, 4.69) is 53.9 Å². The normalized spacial score (nSPS) is 11.0. The number of rotatable bonds is 4. The highest BCUT2D eigenvalue weighted by molar-refractivity contribution is 6.30. The van der Waals surface area contributed by atoms with Crippen molar-refractivity contribution in [2.24, 2.45) is 0 Å². The summed E-state index contributed by atoms with van der Waals surface area (Å²) in [6.45, 7) is 0. The lowest BCUT2D eigenvalue weighted by molar-refractivity contribution is 1.03. The van der Waals surface area contributed by atoms with Gasteiger partial charge in [0.15, 0.2) is 0 Å². The van der Waals surface area contributed by atoms with E-state index in [-0.39, 0.29) is 0 Å². The first-order chi connectivity index (χ1) is 12.6. The first-order valence-corrected chi connectivity index (χ1v) is 8.98. The second-order valence-electron chi connectivity index (χ2n) is 6.58. The number of aromatic nitrogens is 2. The molecule has 0 saturated heterocycles. The maximum atomic E-state index is 6.06. The van der Waals surface area contributed by atoms with Gasteiger partial charge in [-0.2, -0.15) is 0 Å². The third kappa shape index (κ3) is 3.18. The highest BCUT2D eigenvalue weighted by atomic mass is 35.5. The fourth-order valence-electron chi connectivity index (χ4n) is 3.16. The summed E-state index contributed by atoms with van der Waals surface area (Å²) in [6.07, 6.45) is 2.89. The van der Waals surface area contributed by atoms with Crippen molar-refractivity contribution < 1.29 is 0 Å². The van der Waals surface area contributed by atoms with Crippen LogP contribution in [-0.2, 0) is 6.42 Å². The minimum atomic E-state index is 0.735. The lowest BCUT2D eigenvalue weighted by atomic mass is 10.0. The Bertz CT molecular complexity index is 1030. The van der Waals surface area contributed by atoms with Crippen molar-refractivity contribution in [3.05, 3.63) is 89.2 Å². The number of imidazole rings is 1. The Morgan fingerprint density at radius 2 is 1.65 bits per heavy atom. The van der Waals surface area contributed by atoms with E-state index >= 15 is 0 Å². The molecule has 0 unspecified atom stereocenters. The van der Waals surface area contributed by atoms with Crippen LogP contribution < -0.4 is 4.90 Å². The molecule has 4 rings (SSSR count). The van der Waals surface area contributed by atoms with Crippen molar-refractivity contribution >= 4 is 22.9 Å². The quantitative estimate of drug-likeness (QED) is 0.491. The summed E-state index contributed by atoms with van der Waals surface area (Å²) in [6, 6.07) is 22.7. The molecule has 0 amide bonds. The van der Waals surface area contributed by atoms with Gasteiger partial charge in [-0.25, -0.2) is 4.98 Å². The minimum absolute atomic E-state index is 0.735. The van der Waals surface area contributed by atoms with Gasteiger partial charge in [-0.15, -0.1) is 0 Å². The predicted molar refractivity (Wildman–Crippen MR) is 109 cm³/mol. The van der Waals surface area contributed by atoms with Crippen molar-refractivity contribution in [3.8, 4) is 11.3 Å². The van der Waals surface area contributed by atoms with Gasteiger partial charge in [0, 0.05) is 43.0 Å². The van der Waals surface area contributed by atoms with Crippen LogP contribution in [0.15, 0.2) is 72.9 Å². The maximum absolute atomic E-state index is 6.06. The number of pyridine rings is 1. The van der Waals surface area contributed by atoms with Crippen molar-refractivity contribution in [1.29, 1.82) is 0 Å². The molecule has 0 N–H and O–H groups in total. The average molecular weight is 362 g/mol. The Kier molecular flexibility index (Phi) is 4.39. The molecule has 4 heteroatoms. The number of fused-ring (bicyclic) bond motifs is 1. The summed E-state index contributed by atoms with van der Waals surface area (Å²) in [4.78, 5) is 6.97. The van der Waals surface area contributed by atoms with Crippen LogP contribution in [0, 0.1) is 0 Å². The van der Waals surface area contributed by atoms with Gasteiger partial charge in [-0.1, -0.05) is 41.9 Å². The second kappa shape index (κ2) is 6.85. The predicted octanol–water partition coefficient (Wildman–Crippen LogP) is 5.31. The number of nitrogens with zero attached hydrogens (tertiary/aromatic N) is 3. The highest BCUT2D eigenvalue weighted by Crippen LogP contribution is 2.28.